The first-order chi connectivity index (χ1) is 23.9. The van der Waals surface area contributed by atoms with E-state index in [1.165, 1.54) is 5.57 Å². The van der Waals surface area contributed by atoms with Gasteiger partial charge in [-0.3, -0.25) is 14.4 Å². The van der Waals surface area contributed by atoms with Crippen LogP contribution >= 0.6 is 23.2 Å². The second-order valence-electron chi connectivity index (χ2n) is 16.7. The highest BCUT2D eigenvalue weighted by molar-refractivity contribution is 6.42. The van der Waals surface area contributed by atoms with Crippen LogP contribution in [-0.2, 0) is 25.7 Å². The van der Waals surface area contributed by atoms with Crippen molar-refractivity contribution in [2.24, 2.45) is 33.0 Å². The number of halogens is 2. The van der Waals surface area contributed by atoms with Gasteiger partial charge >= 0.3 is 5.97 Å². The highest BCUT2D eigenvalue weighted by Gasteiger charge is 2.67. The van der Waals surface area contributed by atoms with E-state index in [1.807, 2.05) is 13.8 Å². The van der Waals surface area contributed by atoms with Crippen molar-refractivity contribution in [1.29, 1.82) is 0 Å². The molecule has 9 nitrogen and oxygen atoms in total. The molecule has 0 aliphatic heterocycles. The first-order valence-corrected chi connectivity index (χ1v) is 18.6. The minimum absolute atomic E-state index is 0.0787. The number of carbonyl (C=O) groups is 3. The summed E-state index contributed by atoms with van der Waals surface area (Å²) in [5.74, 6) is -0.975. The summed E-state index contributed by atoms with van der Waals surface area (Å²) in [7, 11) is 0. The number of ether oxygens (including phenoxy) is 1. The van der Waals surface area contributed by atoms with Crippen LogP contribution in [0, 0.1) is 33.0 Å². The summed E-state index contributed by atoms with van der Waals surface area (Å²) in [6, 6.07) is 5.12. The average molecular weight is 734 g/mol. The van der Waals surface area contributed by atoms with Gasteiger partial charge in [0.05, 0.1) is 33.9 Å². The number of benzene rings is 1. The molecule has 11 heteroatoms. The lowest BCUT2D eigenvalue weighted by atomic mass is 9.34. The van der Waals surface area contributed by atoms with Crippen LogP contribution in [0.3, 0.4) is 0 Å². The molecular weight excluding hydrogens is 687 g/mol. The van der Waals surface area contributed by atoms with Crippen LogP contribution in [0.1, 0.15) is 92.2 Å². The Morgan fingerprint density at radius 2 is 1.76 bits per heavy atom. The number of nitrogens with one attached hydrogen (secondary N) is 1. The highest BCUT2D eigenvalue weighted by atomic mass is 35.5. The molecule has 5 aliphatic carbocycles. The summed E-state index contributed by atoms with van der Waals surface area (Å²) >= 11 is 12.1. The smallest absolute Gasteiger partial charge is 0.312 e. The largest absolute Gasteiger partial charge is 0.504 e. The number of nitrogens with zero attached hydrogens (tertiary/aromatic N) is 3. The van der Waals surface area contributed by atoms with Crippen molar-refractivity contribution in [2.75, 3.05) is 6.61 Å². The minimum Gasteiger partial charge on any atom is -0.504 e. The number of fused-ring (bicyclic) bond motifs is 7. The molecule has 0 bridgehead atoms. The first kappa shape index (κ1) is 35.7. The molecule has 0 radical (unpaired) electrons. The Morgan fingerprint density at radius 1 is 1.02 bits per heavy atom. The Morgan fingerprint density at radius 3 is 2.51 bits per heavy atom. The summed E-state index contributed by atoms with van der Waals surface area (Å²) in [5, 5.41) is 22.3. The summed E-state index contributed by atoms with van der Waals surface area (Å²) in [6.07, 6.45) is 13.9. The van der Waals surface area contributed by atoms with Crippen molar-refractivity contribution < 1.29 is 24.2 Å². The number of esters is 1. The number of ketones is 1. The van der Waals surface area contributed by atoms with Gasteiger partial charge in [-0.25, -0.2) is 4.68 Å². The third-order valence-corrected chi connectivity index (χ3v) is 14.6. The van der Waals surface area contributed by atoms with E-state index < -0.39 is 11.3 Å². The van der Waals surface area contributed by atoms with Crippen molar-refractivity contribution in [3.8, 4) is 5.69 Å². The van der Waals surface area contributed by atoms with Gasteiger partial charge in [0.1, 0.15) is 5.69 Å². The molecule has 51 heavy (non-hydrogen) atoms. The zero-order valence-electron chi connectivity index (χ0n) is 30.2. The average Bonchev–Trinajstić information content (AvgIpc) is 3.58. The Labute approximate surface area is 309 Å². The standard InChI is InChI=1S/C40H46Cl2N4O5/c1-23-26-8-10-31-38(4,27(26)18-30(47)34(23)49)14-16-40(6)32-19-37(3,12-11-36(32,2)13-15-39(31,40)5)35(50)51-22-33(48)43-20-24-21-46(45-44-24)25-7-9-28(41)29(42)17-25/h7-10,17-18,21,32,49H,11-16,19-20,22H2,1-6H3,(H,43,48)/t32-,36-,37-,38+,39-,40+/m1/s1. The highest BCUT2D eigenvalue weighted by Crippen LogP contribution is 2.75. The van der Waals surface area contributed by atoms with Crippen LogP contribution in [0.15, 0.2) is 70.7 Å². The lowest BCUT2D eigenvalue weighted by Crippen LogP contribution is -2.62. The van der Waals surface area contributed by atoms with E-state index >= 15 is 0 Å². The van der Waals surface area contributed by atoms with Gasteiger partial charge in [-0.1, -0.05) is 73.8 Å². The molecule has 1 heterocycles. The van der Waals surface area contributed by atoms with E-state index in [9.17, 15) is 19.5 Å². The number of hydrogen-bond acceptors (Lipinski definition) is 7. The van der Waals surface area contributed by atoms with Crippen LogP contribution < -0.4 is 5.32 Å². The molecule has 6 atom stereocenters. The first-order valence-electron chi connectivity index (χ1n) is 17.8. The molecule has 1 aromatic carbocycles. The number of amides is 1. The Bertz CT molecular complexity index is 2000. The molecule has 1 aromatic heterocycles. The van der Waals surface area contributed by atoms with E-state index in [2.05, 4.69) is 55.5 Å². The second kappa shape index (κ2) is 12.2. The van der Waals surface area contributed by atoms with Gasteiger partial charge in [-0.05, 0) is 116 Å². The maximum absolute atomic E-state index is 13.8. The third kappa shape index (κ3) is 5.52. The molecule has 2 N–H and O–H groups in total. The number of hydrogen-bond donors (Lipinski definition) is 2. The molecular formula is C40H46Cl2N4O5. The van der Waals surface area contributed by atoms with E-state index in [1.54, 1.807) is 35.2 Å². The maximum Gasteiger partial charge on any atom is 0.312 e. The Kier molecular flexibility index (Phi) is 8.53. The molecule has 270 valence electrons. The monoisotopic (exact) mass is 732 g/mol. The van der Waals surface area contributed by atoms with Gasteiger partial charge in [0, 0.05) is 11.0 Å². The molecule has 2 aromatic rings. The predicted molar refractivity (Wildman–Crippen MR) is 195 cm³/mol. The van der Waals surface area contributed by atoms with Crippen molar-refractivity contribution in [1.82, 2.24) is 20.3 Å². The fourth-order valence-corrected chi connectivity index (χ4v) is 10.6. The number of carbonyl (C=O) groups excluding carboxylic acids is 3. The number of aliphatic hydroxyl groups excluding tert-OH is 1. The van der Waals surface area contributed by atoms with Crippen molar-refractivity contribution in [3.63, 3.8) is 0 Å². The molecule has 3 saturated carbocycles. The van der Waals surface area contributed by atoms with Crippen LogP contribution in [0.5, 0.6) is 0 Å². The predicted octanol–water partition coefficient (Wildman–Crippen LogP) is 8.36. The van der Waals surface area contributed by atoms with E-state index in [0.717, 1.165) is 43.3 Å². The Balaban J connectivity index is 1.04. The van der Waals surface area contributed by atoms with Crippen LogP contribution in [0.25, 0.3) is 5.69 Å². The molecule has 3 fully saturated rings. The summed E-state index contributed by atoms with van der Waals surface area (Å²) < 4.78 is 7.27. The zero-order chi connectivity index (χ0) is 36.7. The molecule has 0 unspecified atom stereocenters. The molecule has 5 aliphatic rings. The number of allylic oxidation sites excluding steroid dienone is 7. The van der Waals surface area contributed by atoms with Crippen LogP contribution in [0.2, 0.25) is 10.0 Å². The van der Waals surface area contributed by atoms with Crippen LogP contribution in [-0.4, -0.2) is 44.4 Å². The van der Waals surface area contributed by atoms with Gasteiger partial charge in [0.2, 0.25) is 5.78 Å². The van der Waals surface area contributed by atoms with E-state index in [-0.39, 0.29) is 58.2 Å². The van der Waals surface area contributed by atoms with Gasteiger partial charge in [-0.2, -0.15) is 0 Å². The lowest BCUT2D eigenvalue weighted by molar-refractivity contribution is -0.183. The van der Waals surface area contributed by atoms with E-state index in [4.69, 9.17) is 27.9 Å². The summed E-state index contributed by atoms with van der Waals surface area (Å²) in [6.45, 7) is 13.1. The number of aromatic nitrogens is 3. The quantitative estimate of drug-likeness (QED) is 0.286. The fraction of sp³-hybridized carbons (Fsp3) is 0.525. The van der Waals surface area contributed by atoms with Crippen molar-refractivity contribution >= 4 is 40.9 Å². The van der Waals surface area contributed by atoms with Crippen molar-refractivity contribution in [2.45, 2.75) is 93.0 Å². The summed E-state index contributed by atoms with van der Waals surface area (Å²) in [4.78, 5) is 39.5. The normalized spacial score (nSPS) is 34.2. The molecule has 1 amide bonds. The second-order valence-corrected chi connectivity index (χ2v) is 17.5. The SMILES string of the molecule is CC1=C(O)C(=O)C=C2C1=CC=C1[C@@]2(C)CC[C@@]2(C)[C@@H]3C[C@](C)(C(=O)OCC(=O)NCc4cn(-c5ccc(Cl)c(Cl)c5)nn4)CC[C@]3(C)CC[C@]12C. The molecule has 7 rings (SSSR count). The summed E-state index contributed by atoms with van der Waals surface area (Å²) in [5.41, 5.74) is 3.98. The Hall–Kier alpha value is -3.69. The van der Waals surface area contributed by atoms with Crippen molar-refractivity contribution in [3.05, 3.63) is 86.4 Å². The molecule has 0 saturated heterocycles. The van der Waals surface area contributed by atoms with Gasteiger partial charge in [0.25, 0.3) is 5.91 Å². The zero-order valence-corrected chi connectivity index (χ0v) is 31.7. The van der Waals surface area contributed by atoms with E-state index in [0.29, 0.717) is 39.8 Å². The number of aliphatic hydroxyl groups is 1. The third-order valence-electron chi connectivity index (χ3n) is 13.9. The fourth-order valence-electron chi connectivity index (χ4n) is 10.3. The number of rotatable bonds is 6. The van der Waals surface area contributed by atoms with Crippen LogP contribution in [0.4, 0.5) is 0 Å². The molecule has 0 spiro atoms. The maximum atomic E-state index is 13.8. The lowest BCUT2D eigenvalue weighted by Gasteiger charge is -2.70. The van der Waals surface area contributed by atoms with Gasteiger partial charge in [-0.15, -0.1) is 5.10 Å². The van der Waals surface area contributed by atoms with Gasteiger partial charge in [0.15, 0.2) is 12.4 Å². The van der Waals surface area contributed by atoms with Gasteiger partial charge < -0.3 is 15.2 Å². The topological polar surface area (TPSA) is 123 Å². The minimum atomic E-state index is -0.721.